The highest BCUT2D eigenvalue weighted by Gasteiger charge is 2.15. The van der Waals surface area contributed by atoms with Gasteiger partial charge in [-0.25, -0.2) is 4.79 Å². The Morgan fingerprint density at radius 3 is 2.50 bits per heavy atom. The van der Waals surface area contributed by atoms with Crippen molar-refractivity contribution in [2.45, 2.75) is 32.8 Å². The van der Waals surface area contributed by atoms with Crippen LogP contribution in [0.15, 0.2) is 48.0 Å². The van der Waals surface area contributed by atoms with Crippen LogP contribution in [0, 0.1) is 0 Å². The van der Waals surface area contributed by atoms with Gasteiger partial charge in [0, 0.05) is 5.57 Å². The Labute approximate surface area is 154 Å². The molecular formula is C22H24O4. The summed E-state index contributed by atoms with van der Waals surface area (Å²) in [4.78, 5) is 11.9. The Balaban J connectivity index is 1.72. The summed E-state index contributed by atoms with van der Waals surface area (Å²) in [5, 5.41) is 0. The summed E-state index contributed by atoms with van der Waals surface area (Å²) in [5.74, 6) is 1.40. The number of carbonyl (C=O) groups is 1. The van der Waals surface area contributed by atoms with Crippen LogP contribution in [0.2, 0.25) is 0 Å². The molecule has 1 aliphatic carbocycles. The summed E-state index contributed by atoms with van der Waals surface area (Å²) >= 11 is 0. The number of carbonyl (C=O) groups excluding carboxylic acids is 1. The number of aryl methyl sites for hydroxylation is 1. The molecule has 0 fully saturated rings. The first-order chi connectivity index (χ1) is 12.7. The van der Waals surface area contributed by atoms with Crippen molar-refractivity contribution in [3.8, 4) is 11.5 Å². The summed E-state index contributed by atoms with van der Waals surface area (Å²) in [5.41, 5.74) is 4.06. The number of benzene rings is 2. The fraction of sp³-hybridized carbons (Fsp3) is 0.318. The second-order valence-corrected chi connectivity index (χ2v) is 6.24. The van der Waals surface area contributed by atoms with Gasteiger partial charge in [0.05, 0.1) is 13.7 Å². The number of ether oxygens (including phenoxy) is 3. The molecule has 0 unspecified atom stereocenters. The zero-order chi connectivity index (χ0) is 18.4. The third kappa shape index (κ3) is 4.45. The van der Waals surface area contributed by atoms with Crippen LogP contribution in [0.3, 0.4) is 0 Å². The van der Waals surface area contributed by atoms with Gasteiger partial charge in [-0.1, -0.05) is 18.2 Å². The largest absolute Gasteiger partial charge is 0.494 e. The van der Waals surface area contributed by atoms with E-state index in [9.17, 15) is 4.79 Å². The molecule has 2 aromatic rings. The maximum atomic E-state index is 11.9. The van der Waals surface area contributed by atoms with E-state index in [0.717, 1.165) is 47.5 Å². The highest BCUT2D eigenvalue weighted by Crippen LogP contribution is 2.27. The molecule has 0 spiro atoms. The van der Waals surface area contributed by atoms with E-state index in [1.165, 1.54) is 12.7 Å². The lowest BCUT2D eigenvalue weighted by Gasteiger charge is -2.10. The number of hydrogen-bond donors (Lipinski definition) is 0. The van der Waals surface area contributed by atoms with Crippen LogP contribution in [0.1, 0.15) is 36.5 Å². The minimum Gasteiger partial charge on any atom is -0.494 e. The SMILES string of the molecule is CCOc1ccc(COc2ccc3c(c2)C=C(C(=O)OC)CCC3)cc1. The van der Waals surface area contributed by atoms with Crippen molar-refractivity contribution in [3.63, 3.8) is 0 Å². The van der Waals surface area contributed by atoms with E-state index in [1.807, 2.05) is 49.4 Å². The number of hydrogen-bond acceptors (Lipinski definition) is 4. The van der Waals surface area contributed by atoms with Crippen molar-refractivity contribution in [2.24, 2.45) is 0 Å². The van der Waals surface area contributed by atoms with Gasteiger partial charge >= 0.3 is 5.97 Å². The smallest absolute Gasteiger partial charge is 0.333 e. The summed E-state index contributed by atoms with van der Waals surface area (Å²) in [7, 11) is 1.42. The Bertz CT molecular complexity index is 790. The van der Waals surface area contributed by atoms with Crippen molar-refractivity contribution >= 4 is 12.0 Å². The fourth-order valence-electron chi connectivity index (χ4n) is 3.06. The Hall–Kier alpha value is -2.75. The Morgan fingerprint density at radius 2 is 1.77 bits per heavy atom. The molecule has 0 atom stereocenters. The van der Waals surface area contributed by atoms with Gasteiger partial charge in [-0.3, -0.25) is 0 Å². The molecule has 2 aromatic carbocycles. The van der Waals surface area contributed by atoms with Crippen LogP contribution in [0.25, 0.3) is 6.08 Å². The normalized spacial score (nSPS) is 13.2. The predicted molar refractivity (Wildman–Crippen MR) is 101 cm³/mol. The van der Waals surface area contributed by atoms with E-state index in [-0.39, 0.29) is 5.97 Å². The molecule has 0 N–H and O–H groups in total. The van der Waals surface area contributed by atoms with Gasteiger partial charge in [0.2, 0.25) is 0 Å². The first kappa shape index (κ1) is 18.1. The summed E-state index contributed by atoms with van der Waals surface area (Å²) in [6, 6.07) is 14.0. The van der Waals surface area contributed by atoms with Gasteiger partial charge < -0.3 is 14.2 Å². The van der Waals surface area contributed by atoms with Crippen molar-refractivity contribution in [1.29, 1.82) is 0 Å². The molecule has 3 rings (SSSR count). The predicted octanol–water partition coefficient (Wildman–Crippen LogP) is 4.56. The van der Waals surface area contributed by atoms with Gasteiger partial charge in [-0.2, -0.15) is 0 Å². The van der Waals surface area contributed by atoms with Crippen molar-refractivity contribution in [1.82, 2.24) is 0 Å². The minimum absolute atomic E-state index is 0.251. The highest BCUT2D eigenvalue weighted by molar-refractivity contribution is 5.94. The van der Waals surface area contributed by atoms with E-state index in [4.69, 9.17) is 14.2 Å². The van der Waals surface area contributed by atoms with Crippen molar-refractivity contribution in [3.05, 3.63) is 64.7 Å². The van der Waals surface area contributed by atoms with Crippen molar-refractivity contribution in [2.75, 3.05) is 13.7 Å². The minimum atomic E-state index is -0.251. The average Bonchev–Trinajstić information content (AvgIpc) is 2.89. The molecule has 0 heterocycles. The maximum absolute atomic E-state index is 11.9. The average molecular weight is 352 g/mol. The fourth-order valence-corrected chi connectivity index (χ4v) is 3.06. The molecular weight excluding hydrogens is 328 g/mol. The van der Waals surface area contributed by atoms with Crippen LogP contribution >= 0.6 is 0 Å². The maximum Gasteiger partial charge on any atom is 0.333 e. The topological polar surface area (TPSA) is 44.8 Å². The molecule has 4 heteroatoms. The standard InChI is InChI=1S/C22H24O4/c1-3-25-20-10-7-16(8-11-20)15-26-21-12-9-17-5-4-6-18(22(23)24-2)13-19(17)14-21/h7-14H,3-6,15H2,1-2H3. The molecule has 0 saturated heterocycles. The monoisotopic (exact) mass is 352 g/mol. The van der Waals surface area contributed by atoms with Crippen molar-refractivity contribution < 1.29 is 19.0 Å². The van der Waals surface area contributed by atoms with E-state index in [1.54, 1.807) is 0 Å². The van der Waals surface area contributed by atoms with E-state index in [0.29, 0.717) is 13.2 Å². The van der Waals surface area contributed by atoms with Gasteiger partial charge in [0.1, 0.15) is 18.1 Å². The first-order valence-corrected chi connectivity index (χ1v) is 8.96. The molecule has 1 aliphatic rings. The third-order valence-corrected chi connectivity index (χ3v) is 4.43. The Kier molecular flexibility index (Phi) is 5.95. The lowest BCUT2D eigenvalue weighted by Crippen LogP contribution is -2.03. The number of rotatable bonds is 6. The van der Waals surface area contributed by atoms with Crippen LogP contribution in [-0.4, -0.2) is 19.7 Å². The highest BCUT2D eigenvalue weighted by atomic mass is 16.5. The second-order valence-electron chi connectivity index (χ2n) is 6.24. The quantitative estimate of drug-likeness (QED) is 0.715. The van der Waals surface area contributed by atoms with Gasteiger partial charge in [-0.05, 0) is 73.2 Å². The first-order valence-electron chi connectivity index (χ1n) is 8.96. The van der Waals surface area contributed by atoms with Gasteiger partial charge in [0.25, 0.3) is 0 Å². The van der Waals surface area contributed by atoms with E-state index < -0.39 is 0 Å². The third-order valence-electron chi connectivity index (χ3n) is 4.43. The Morgan fingerprint density at radius 1 is 1.00 bits per heavy atom. The zero-order valence-electron chi connectivity index (χ0n) is 15.3. The molecule has 0 radical (unpaired) electrons. The van der Waals surface area contributed by atoms with Crippen LogP contribution in [0.4, 0.5) is 0 Å². The molecule has 26 heavy (non-hydrogen) atoms. The molecule has 0 amide bonds. The van der Waals surface area contributed by atoms with Gasteiger partial charge in [-0.15, -0.1) is 0 Å². The molecule has 0 bridgehead atoms. The lowest BCUT2D eigenvalue weighted by atomic mass is 10.0. The molecule has 0 aromatic heterocycles. The molecule has 0 aliphatic heterocycles. The number of fused-ring (bicyclic) bond motifs is 1. The van der Waals surface area contributed by atoms with Crippen LogP contribution in [-0.2, 0) is 22.6 Å². The summed E-state index contributed by atoms with van der Waals surface area (Å²) in [6.07, 6.45) is 4.56. The zero-order valence-corrected chi connectivity index (χ0v) is 15.3. The van der Waals surface area contributed by atoms with E-state index >= 15 is 0 Å². The summed E-state index contributed by atoms with van der Waals surface area (Å²) in [6.45, 7) is 3.11. The molecule has 0 saturated carbocycles. The van der Waals surface area contributed by atoms with Gasteiger partial charge in [0.15, 0.2) is 0 Å². The van der Waals surface area contributed by atoms with Crippen LogP contribution in [0.5, 0.6) is 11.5 Å². The molecule has 136 valence electrons. The lowest BCUT2D eigenvalue weighted by molar-refractivity contribution is -0.136. The summed E-state index contributed by atoms with van der Waals surface area (Å²) < 4.78 is 16.3. The van der Waals surface area contributed by atoms with Crippen LogP contribution < -0.4 is 9.47 Å². The number of methoxy groups -OCH3 is 1. The second kappa shape index (κ2) is 8.56. The molecule has 4 nitrogen and oxygen atoms in total. The number of esters is 1. The van der Waals surface area contributed by atoms with E-state index in [2.05, 4.69) is 6.07 Å².